The Morgan fingerprint density at radius 3 is 2.96 bits per heavy atom. The van der Waals surface area contributed by atoms with Crippen molar-refractivity contribution in [3.63, 3.8) is 0 Å². The Morgan fingerprint density at radius 2 is 2.26 bits per heavy atom. The van der Waals surface area contributed by atoms with Crippen molar-refractivity contribution < 1.29 is 19.1 Å². The lowest BCUT2D eigenvalue weighted by Gasteiger charge is -2.35. The number of aromatic carboxylic acids is 1. The second-order valence-corrected chi connectivity index (χ2v) is 6.46. The quantitative estimate of drug-likeness (QED) is 0.933. The second-order valence-electron chi connectivity index (χ2n) is 6.46. The summed E-state index contributed by atoms with van der Waals surface area (Å²) >= 11 is 0. The van der Waals surface area contributed by atoms with Crippen LogP contribution < -0.4 is 4.90 Å². The maximum absolute atomic E-state index is 11.5. The smallest absolute Gasteiger partial charge is 0.338 e. The van der Waals surface area contributed by atoms with Crippen molar-refractivity contribution in [3.8, 4) is 0 Å². The minimum absolute atomic E-state index is 0.200. The maximum atomic E-state index is 11.5. The van der Waals surface area contributed by atoms with Crippen molar-refractivity contribution in [1.29, 1.82) is 0 Å². The fraction of sp³-hybridized carbons (Fsp3) is 0.529. The number of fused-ring (bicyclic) bond motifs is 1. The molecule has 2 aromatic rings. The first-order valence-electron chi connectivity index (χ1n) is 7.95. The zero-order valence-electron chi connectivity index (χ0n) is 13.7. The summed E-state index contributed by atoms with van der Waals surface area (Å²) in [4.78, 5) is 18.1. The molecule has 0 bridgehead atoms. The molecule has 6 nitrogen and oxygen atoms in total. The number of anilines is 1. The van der Waals surface area contributed by atoms with Gasteiger partial charge < -0.3 is 19.2 Å². The minimum Gasteiger partial charge on any atom is -0.478 e. The number of oxazole rings is 1. The third-order valence-electron chi connectivity index (χ3n) is 4.19. The summed E-state index contributed by atoms with van der Waals surface area (Å²) in [7, 11) is 0. The van der Waals surface area contributed by atoms with Crippen LogP contribution >= 0.6 is 0 Å². The number of rotatable bonds is 4. The van der Waals surface area contributed by atoms with Gasteiger partial charge in [-0.15, -0.1) is 0 Å². The molecule has 1 aliphatic heterocycles. The molecule has 1 fully saturated rings. The van der Waals surface area contributed by atoms with Crippen LogP contribution in [0, 0.1) is 12.8 Å². The minimum atomic E-state index is -0.978. The lowest BCUT2D eigenvalue weighted by Crippen LogP contribution is -2.46. The number of aromatic nitrogens is 1. The standard InChI is InChI=1S/C17H22N2O4/c1-10(2)8-12-9-22-7-6-19(12)17-18-15-13(23-17)5-4-11(3)14(15)16(20)21/h4-5,10,12H,6-9H2,1-3H3,(H,20,21)/t12-/m0/s1. The number of benzene rings is 1. The number of hydrogen-bond acceptors (Lipinski definition) is 5. The first-order valence-corrected chi connectivity index (χ1v) is 7.95. The molecule has 3 rings (SSSR count). The summed E-state index contributed by atoms with van der Waals surface area (Å²) in [6, 6.07) is 4.23. The van der Waals surface area contributed by atoms with Gasteiger partial charge in [0.2, 0.25) is 0 Å². The van der Waals surface area contributed by atoms with Crippen molar-refractivity contribution in [2.45, 2.75) is 33.2 Å². The molecule has 6 heteroatoms. The van der Waals surface area contributed by atoms with E-state index in [-0.39, 0.29) is 11.6 Å². The molecule has 23 heavy (non-hydrogen) atoms. The average Bonchev–Trinajstić information content (AvgIpc) is 2.90. The lowest BCUT2D eigenvalue weighted by atomic mass is 10.0. The molecule has 0 saturated carbocycles. The topological polar surface area (TPSA) is 75.8 Å². The largest absolute Gasteiger partial charge is 0.478 e. The molecular formula is C17H22N2O4. The number of morpholine rings is 1. The van der Waals surface area contributed by atoms with E-state index in [9.17, 15) is 9.90 Å². The van der Waals surface area contributed by atoms with Gasteiger partial charge in [-0.25, -0.2) is 4.79 Å². The van der Waals surface area contributed by atoms with Gasteiger partial charge in [0.05, 0.1) is 24.8 Å². The van der Waals surface area contributed by atoms with Crippen LogP contribution in [0.3, 0.4) is 0 Å². The molecule has 1 N–H and O–H groups in total. The van der Waals surface area contributed by atoms with Gasteiger partial charge in [0, 0.05) is 6.54 Å². The van der Waals surface area contributed by atoms with Gasteiger partial charge in [0.15, 0.2) is 5.58 Å². The number of nitrogens with zero attached hydrogens (tertiary/aromatic N) is 2. The Hall–Kier alpha value is -2.08. The van der Waals surface area contributed by atoms with Gasteiger partial charge in [-0.05, 0) is 30.9 Å². The van der Waals surface area contributed by atoms with E-state index in [0.717, 1.165) is 6.42 Å². The Morgan fingerprint density at radius 1 is 1.48 bits per heavy atom. The number of hydrogen-bond donors (Lipinski definition) is 1. The number of carboxylic acids is 1. The van der Waals surface area contributed by atoms with Crippen LogP contribution in [-0.4, -0.2) is 41.9 Å². The van der Waals surface area contributed by atoms with Gasteiger partial charge in [0.1, 0.15) is 5.52 Å². The van der Waals surface area contributed by atoms with Gasteiger partial charge in [-0.2, -0.15) is 4.98 Å². The second kappa shape index (κ2) is 6.20. The number of carbonyl (C=O) groups is 1. The molecule has 0 spiro atoms. The third-order valence-corrected chi connectivity index (χ3v) is 4.19. The molecule has 2 heterocycles. The van der Waals surface area contributed by atoms with E-state index in [1.165, 1.54) is 0 Å². The molecule has 0 amide bonds. The van der Waals surface area contributed by atoms with Crippen molar-refractivity contribution in [2.75, 3.05) is 24.7 Å². The molecule has 0 aliphatic carbocycles. The highest BCUT2D eigenvalue weighted by atomic mass is 16.5. The predicted octanol–water partition coefficient (Wildman–Crippen LogP) is 3.09. The summed E-state index contributed by atoms with van der Waals surface area (Å²) in [5.74, 6) is -0.445. The van der Waals surface area contributed by atoms with Crippen molar-refractivity contribution in [3.05, 3.63) is 23.3 Å². The van der Waals surface area contributed by atoms with E-state index in [1.807, 2.05) is 0 Å². The van der Waals surface area contributed by atoms with Gasteiger partial charge in [-0.1, -0.05) is 19.9 Å². The summed E-state index contributed by atoms with van der Waals surface area (Å²) < 4.78 is 11.4. The monoisotopic (exact) mass is 318 g/mol. The van der Waals surface area contributed by atoms with Crippen LogP contribution in [0.5, 0.6) is 0 Å². The molecule has 1 aromatic heterocycles. The van der Waals surface area contributed by atoms with E-state index in [1.54, 1.807) is 19.1 Å². The summed E-state index contributed by atoms with van der Waals surface area (Å²) in [5, 5.41) is 9.44. The zero-order chi connectivity index (χ0) is 16.6. The Labute approximate surface area is 135 Å². The third kappa shape index (κ3) is 3.03. The maximum Gasteiger partial charge on any atom is 0.338 e. The van der Waals surface area contributed by atoms with Crippen LogP contribution in [0.4, 0.5) is 6.01 Å². The number of aryl methyl sites for hydroxylation is 1. The molecule has 1 atom stereocenters. The van der Waals surface area contributed by atoms with Crippen molar-refractivity contribution in [1.82, 2.24) is 4.98 Å². The van der Waals surface area contributed by atoms with Crippen molar-refractivity contribution in [2.24, 2.45) is 5.92 Å². The van der Waals surface area contributed by atoms with Crippen LogP contribution in [-0.2, 0) is 4.74 Å². The van der Waals surface area contributed by atoms with Gasteiger partial charge >= 0.3 is 5.97 Å². The lowest BCUT2D eigenvalue weighted by molar-refractivity contribution is 0.0698. The molecule has 0 unspecified atom stereocenters. The van der Waals surface area contributed by atoms with Crippen LogP contribution in [0.2, 0.25) is 0 Å². The van der Waals surface area contributed by atoms with E-state index >= 15 is 0 Å². The van der Waals surface area contributed by atoms with E-state index in [0.29, 0.717) is 48.4 Å². The van der Waals surface area contributed by atoms with Crippen LogP contribution in [0.15, 0.2) is 16.5 Å². The highest BCUT2D eigenvalue weighted by molar-refractivity contribution is 6.02. The van der Waals surface area contributed by atoms with Crippen molar-refractivity contribution >= 4 is 23.1 Å². The fourth-order valence-corrected chi connectivity index (χ4v) is 3.12. The van der Waals surface area contributed by atoms with Crippen LogP contribution in [0.25, 0.3) is 11.1 Å². The molecule has 124 valence electrons. The fourth-order valence-electron chi connectivity index (χ4n) is 3.12. The van der Waals surface area contributed by atoms with E-state index in [2.05, 4.69) is 23.7 Å². The Kier molecular flexibility index (Phi) is 4.26. The molecule has 1 aromatic carbocycles. The zero-order valence-corrected chi connectivity index (χ0v) is 13.7. The average molecular weight is 318 g/mol. The molecule has 0 radical (unpaired) electrons. The first kappa shape index (κ1) is 15.8. The normalized spacial score (nSPS) is 18.8. The Bertz CT molecular complexity index is 723. The highest BCUT2D eigenvalue weighted by Gasteiger charge is 2.28. The summed E-state index contributed by atoms with van der Waals surface area (Å²) in [5.41, 5.74) is 1.83. The first-order chi connectivity index (χ1) is 11.0. The molecule has 1 saturated heterocycles. The number of carboxylic acid groups (broad SMARTS) is 1. The molecule has 1 aliphatic rings. The Balaban J connectivity index is 2.02. The molecular weight excluding hydrogens is 296 g/mol. The summed E-state index contributed by atoms with van der Waals surface area (Å²) in [6.45, 7) is 8.08. The SMILES string of the molecule is Cc1ccc2oc(N3CCOC[C@@H]3CC(C)C)nc2c1C(=O)O. The van der Waals surface area contributed by atoms with E-state index in [4.69, 9.17) is 9.15 Å². The van der Waals surface area contributed by atoms with Crippen LogP contribution in [0.1, 0.15) is 36.2 Å². The number of ether oxygens (including phenoxy) is 1. The van der Waals surface area contributed by atoms with Gasteiger partial charge in [-0.3, -0.25) is 0 Å². The predicted molar refractivity (Wildman–Crippen MR) is 87.1 cm³/mol. The highest BCUT2D eigenvalue weighted by Crippen LogP contribution is 2.29. The van der Waals surface area contributed by atoms with Gasteiger partial charge in [0.25, 0.3) is 6.01 Å². The van der Waals surface area contributed by atoms with E-state index < -0.39 is 5.97 Å². The summed E-state index contributed by atoms with van der Waals surface area (Å²) in [6.07, 6.45) is 0.976.